The Labute approximate surface area is 153 Å². The minimum atomic E-state index is 0.0653. The standard InChI is InChI=1S/C19H26N6O/c1-19(14-6-4-5-7-15(14)26-3)10-16(19)24-18(20-2)23-13-8-9-17-21-12-22-25(17)11-13/h4-7,12-13,16H,8-11H2,1-3H3,(H2,20,23,24). The summed E-state index contributed by atoms with van der Waals surface area (Å²) in [5, 5.41) is 11.4. The van der Waals surface area contributed by atoms with E-state index in [-0.39, 0.29) is 5.41 Å². The van der Waals surface area contributed by atoms with Gasteiger partial charge in [-0.1, -0.05) is 25.1 Å². The van der Waals surface area contributed by atoms with Crippen LogP contribution < -0.4 is 15.4 Å². The molecule has 1 saturated carbocycles. The fourth-order valence-corrected chi connectivity index (χ4v) is 3.87. The quantitative estimate of drug-likeness (QED) is 0.643. The summed E-state index contributed by atoms with van der Waals surface area (Å²) in [6.07, 6.45) is 4.67. The van der Waals surface area contributed by atoms with Crippen LogP contribution >= 0.6 is 0 Å². The smallest absolute Gasteiger partial charge is 0.191 e. The van der Waals surface area contributed by atoms with E-state index < -0.39 is 0 Å². The molecule has 4 rings (SSSR count). The molecule has 0 amide bonds. The molecule has 2 heterocycles. The molecular weight excluding hydrogens is 328 g/mol. The zero-order chi connectivity index (χ0) is 18.1. The Hall–Kier alpha value is -2.57. The molecule has 7 heteroatoms. The number of guanidine groups is 1. The van der Waals surface area contributed by atoms with Crippen molar-refractivity contribution in [2.45, 2.75) is 50.2 Å². The predicted octanol–water partition coefficient (Wildman–Crippen LogP) is 1.50. The number of ether oxygens (including phenoxy) is 1. The predicted molar refractivity (Wildman–Crippen MR) is 101 cm³/mol. The van der Waals surface area contributed by atoms with Gasteiger partial charge in [-0.25, -0.2) is 9.67 Å². The molecule has 7 nitrogen and oxygen atoms in total. The lowest BCUT2D eigenvalue weighted by Crippen LogP contribution is -2.48. The molecule has 0 bridgehead atoms. The van der Waals surface area contributed by atoms with Crippen LogP contribution in [-0.2, 0) is 18.4 Å². The molecule has 1 aromatic carbocycles. The largest absolute Gasteiger partial charge is 0.496 e. The van der Waals surface area contributed by atoms with Crippen LogP contribution in [0.2, 0.25) is 0 Å². The highest BCUT2D eigenvalue weighted by Gasteiger charge is 2.53. The topological polar surface area (TPSA) is 76.4 Å². The maximum Gasteiger partial charge on any atom is 0.191 e. The first-order valence-corrected chi connectivity index (χ1v) is 9.14. The van der Waals surface area contributed by atoms with Crippen LogP contribution in [0.25, 0.3) is 0 Å². The minimum absolute atomic E-state index is 0.0653. The Morgan fingerprint density at radius 1 is 1.35 bits per heavy atom. The molecule has 1 aromatic heterocycles. The van der Waals surface area contributed by atoms with E-state index >= 15 is 0 Å². The van der Waals surface area contributed by atoms with Gasteiger partial charge in [0.25, 0.3) is 0 Å². The molecule has 1 fully saturated rings. The van der Waals surface area contributed by atoms with E-state index in [4.69, 9.17) is 4.74 Å². The molecular formula is C19H26N6O. The van der Waals surface area contributed by atoms with Crippen LogP contribution in [0.1, 0.15) is 31.2 Å². The highest BCUT2D eigenvalue weighted by Crippen LogP contribution is 2.50. The third-order valence-electron chi connectivity index (χ3n) is 5.64. The molecule has 1 aliphatic carbocycles. The van der Waals surface area contributed by atoms with Crippen molar-refractivity contribution >= 4 is 5.96 Å². The Balaban J connectivity index is 1.39. The SMILES string of the molecule is CN=C(NC1CCc2ncnn2C1)NC1CC1(C)c1ccccc1OC. The van der Waals surface area contributed by atoms with Crippen LogP contribution in [0, 0.1) is 0 Å². The van der Waals surface area contributed by atoms with E-state index in [0.29, 0.717) is 12.1 Å². The van der Waals surface area contributed by atoms with Crippen molar-refractivity contribution < 1.29 is 4.74 Å². The summed E-state index contributed by atoms with van der Waals surface area (Å²) in [7, 11) is 3.55. The molecule has 0 saturated heterocycles. The lowest BCUT2D eigenvalue weighted by Gasteiger charge is -2.26. The second kappa shape index (κ2) is 6.63. The Morgan fingerprint density at radius 3 is 3.00 bits per heavy atom. The number of benzene rings is 1. The van der Waals surface area contributed by atoms with E-state index in [1.54, 1.807) is 13.4 Å². The second-order valence-corrected chi connectivity index (χ2v) is 7.33. The fourth-order valence-electron chi connectivity index (χ4n) is 3.87. The van der Waals surface area contributed by atoms with Crippen LogP contribution in [0.4, 0.5) is 0 Å². The van der Waals surface area contributed by atoms with Crippen molar-refractivity contribution in [2.24, 2.45) is 4.99 Å². The number of fused-ring (bicyclic) bond motifs is 1. The number of para-hydroxylation sites is 1. The van der Waals surface area contributed by atoms with Crippen molar-refractivity contribution in [1.29, 1.82) is 0 Å². The van der Waals surface area contributed by atoms with Crippen molar-refractivity contribution in [3.8, 4) is 5.75 Å². The van der Waals surface area contributed by atoms with E-state index in [2.05, 4.69) is 44.8 Å². The summed E-state index contributed by atoms with van der Waals surface area (Å²) < 4.78 is 7.53. The summed E-state index contributed by atoms with van der Waals surface area (Å²) in [6.45, 7) is 3.10. The summed E-state index contributed by atoms with van der Waals surface area (Å²) in [4.78, 5) is 8.71. The van der Waals surface area contributed by atoms with Crippen molar-refractivity contribution in [1.82, 2.24) is 25.4 Å². The van der Waals surface area contributed by atoms with Gasteiger partial charge >= 0.3 is 0 Å². The van der Waals surface area contributed by atoms with Gasteiger partial charge in [0.2, 0.25) is 0 Å². The molecule has 2 N–H and O–H groups in total. The monoisotopic (exact) mass is 354 g/mol. The number of aliphatic imine (C=N–C) groups is 1. The van der Waals surface area contributed by atoms with Crippen LogP contribution in [0.15, 0.2) is 35.6 Å². The van der Waals surface area contributed by atoms with Crippen LogP contribution in [-0.4, -0.2) is 47.0 Å². The summed E-state index contributed by atoms with van der Waals surface area (Å²) in [6, 6.07) is 8.93. The maximum atomic E-state index is 5.55. The zero-order valence-electron chi connectivity index (χ0n) is 15.6. The van der Waals surface area contributed by atoms with Gasteiger partial charge in [0.1, 0.15) is 17.9 Å². The first-order chi connectivity index (χ1) is 12.6. The molecule has 2 aliphatic rings. The summed E-state index contributed by atoms with van der Waals surface area (Å²) in [5.41, 5.74) is 1.32. The van der Waals surface area contributed by atoms with Crippen molar-refractivity contribution in [3.63, 3.8) is 0 Å². The lowest BCUT2D eigenvalue weighted by atomic mass is 9.96. The molecule has 0 radical (unpaired) electrons. The normalized spacial score (nSPS) is 27.6. The van der Waals surface area contributed by atoms with E-state index in [0.717, 1.165) is 43.3 Å². The van der Waals surface area contributed by atoms with Gasteiger partial charge in [-0.05, 0) is 18.9 Å². The third kappa shape index (κ3) is 3.02. The number of nitrogens with zero attached hydrogens (tertiary/aromatic N) is 4. The Bertz CT molecular complexity index is 816. The molecule has 1 aliphatic heterocycles. The number of hydrogen-bond acceptors (Lipinski definition) is 4. The number of nitrogens with one attached hydrogen (secondary N) is 2. The average Bonchev–Trinajstić information content (AvgIpc) is 3.10. The highest BCUT2D eigenvalue weighted by atomic mass is 16.5. The molecule has 138 valence electrons. The summed E-state index contributed by atoms with van der Waals surface area (Å²) >= 11 is 0. The first kappa shape index (κ1) is 16.9. The molecule has 26 heavy (non-hydrogen) atoms. The first-order valence-electron chi connectivity index (χ1n) is 9.14. The number of hydrogen-bond donors (Lipinski definition) is 2. The fraction of sp³-hybridized carbons (Fsp3) is 0.526. The highest BCUT2D eigenvalue weighted by molar-refractivity contribution is 5.81. The van der Waals surface area contributed by atoms with Gasteiger partial charge in [0, 0.05) is 36.5 Å². The van der Waals surface area contributed by atoms with E-state index in [1.807, 2.05) is 23.9 Å². The van der Waals surface area contributed by atoms with Gasteiger partial charge in [0.15, 0.2) is 5.96 Å². The minimum Gasteiger partial charge on any atom is -0.496 e. The maximum absolute atomic E-state index is 5.55. The molecule has 0 spiro atoms. The third-order valence-corrected chi connectivity index (χ3v) is 5.64. The second-order valence-electron chi connectivity index (χ2n) is 7.33. The van der Waals surface area contributed by atoms with Gasteiger partial charge in [-0.15, -0.1) is 0 Å². The number of aryl methyl sites for hydroxylation is 1. The number of aromatic nitrogens is 3. The van der Waals surface area contributed by atoms with Crippen molar-refractivity contribution in [3.05, 3.63) is 42.0 Å². The van der Waals surface area contributed by atoms with Gasteiger partial charge in [-0.2, -0.15) is 5.10 Å². The van der Waals surface area contributed by atoms with Gasteiger partial charge in [0.05, 0.1) is 13.7 Å². The Kier molecular flexibility index (Phi) is 4.30. The zero-order valence-corrected chi connectivity index (χ0v) is 15.6. The molecule has 3 unspecified atom stereocenters. The van der Waals surface area contributed by atoms with Crippen LogP contribution in [0.5, 0.6) is 5.75 Å². The number of rotatable bonds is 4. The van der Waals surface area contributed by atoms with Gasteiger partial charge in [-0.3, -0.25) is 4.99 Å². The molecule has 2 aromatic rings. The average molecular weight is 354 g/mol. The lowest BCUT2D eigenvalue weighted by molar-refractivity contribution is 0.392. The van der Waals surface area contributed by atoms with Crippen molar-refractivity contribution in [2.75, 3.05) is 14.2 Å². The molecule has 3 atom stereocenters. The van der Waals surface area contributed by atoms with E-state index in [9.17, 15) is 0 Å². The van der Waals surface area contributed by atoms with Gasteiger partial charge < -0.3 is 15.4 Å². The van der Waals surface area contributed by atoms with E-state index in [1.165, 1.54) is 5.56 Å². The Morgan fingerprint density at radius 2 is 2.19 bits per heavy atom. The number of methoxy groups -OCH3 is 1. The summed E-state index contributed by atoms with van der Waals surface area (Å²) in [5.74, 6) is 2.87. The van der Waals surface area contributed by atoms with Crippen LogP contribution in [0.3, 0.4) is 0 Å².